The Hall–Kier alpha value is -3.52. The van der Waals surface area contributed by atoms with Crippen LogP contribution in [-0.2, 0) is 19.1 Å². The zero-order chi connectivity index (χ0) is 26.2. The highest BCUT2D eigenvalue weighted by Gasteiger charge is 2.26. The molecule has 2 atom stereocenters. The minimum absolute atomic E-state index is 0.271. The number of hydrogen-bond acceptors (Lipinski definition) is 8. The van der Waals surface area contributed by atoms with Crippen LogP contribution in [0.2, 0.25) is 0 Å². The summed E-state index contributed by atoms with van der Waals surface area (Å²) < 4.78 is 10.0. The predicted octanol–water partition coefficient (Wildman–Crippen LogP) is 4.34. The molecule has 2 N–H and O–H groups in total. The van der Waals surface area contributed by atoms with Crippen LogP contribution in [0.3, 0.4) is 0 Å². The molecule has 8 heteroatoms. The highest BCUT2D eigenvalue weighted by Crippen LogP contribution is 2.25. The lowest BCUT2D eigenvalue weighted by molar-refractivity contribution is -0.145. The largest absolute Gasteiger partial charge is 0.465 e. The third-order valence-corrected chi connectivity index (χ3v) is 6.08. The molecule has 0 radical (unpaired) electrons. The normalized spacial score (nSPS) is 16.6. The first-order chi connectivity index (χ1) is 17.5. The van der Waals surface area contributed by atoms with Crippen LogP contribution in [0.25, 0.3) is 0 Å². The molecule has 0 saturated carbocycles. The van der Waals surface area contributed by atoms with Crippen molar-refractivity contribution in [3.05, 3.63) is 46.8 Å². The van der Waals surface area contributed by atoms with E-state index in [1.165, 1.54) is 0 Å². The molecule has 0 aliphatic heterocycles. The van der Waals surface area contributed by atoms with Crippen LogP contribution in [0, 0.1) is 34.5 Å². The molecule has 2 rings (SSSR count). The van der Waals surface area contributed by atoms with Crippen LogP contribution in [0.1, 0.15) is 65.2 Å². The maximum Gasteiger partial charge on any atom is 0.327 e. The Kier molecular flexibility index (Phi) is 12.9. The second kappa shape index (κ2) is 16.2. The number of ether oxygens (including phenoxy) is 2. The van der Waals surface area contributed by atoms with E-state index in [-0.39, 0.29) is 13.2 Å². The lowest BCUT2D eigenvalue weighted by atomic mass is 9.92. The van der Waals surface area contributed by atoms with E-state index in [1.54, 1.807) is 13.8 Å². The number of nitrogens with zero attached hydrogens (tertiary/aromatic N) is 2. The van der Waals surface area contributed by atoms with Gasteiger partial charge in [0.2, 0.25) is 0 Å². The van der Waals surface area contributed by atoms with Crippen LogP contribution in [0.5, 0.6) is 0 Å². The van der Waals surface area contributed by atoms with E-state index >= 15 is 0 Å². The molecule has 2 aliphatic rings. The summed E-state index contributed by atoms with van der Waals surface area (Å²) >= 11 is 0. The summed E-state index contributed by atoms with van der Waals surface area (Å²) in [5, 5.41) is 25.6. The first-order valence-corrected chi connectivity index (χ1v) is 13.0. The summed E-state index contributed by atoms with van der Waals surface area (Å²) in [6.45, 7) is 5.69. The van der Waals surface area contributed by atoms with E-state index in [4.69, 9.17) is 9.47 Å². The third kappa shape index (κ3) is 9.26. The summed E-state index contributed by atoms with van der Waals surface area (Å²) in [6, 6.07) is 4.14. The van der Waals surface area contributed by atoms with E-state index in [9.17, 15) is 20.1 Å². The number of unbranched alkanes of at least 4 members (excludes halogenated alkanes) is 3. The van der Waals surface area contributed by atoms with Crippen molar-refractivity contribution in [2.24, 2.45) is 11.8 Å². The van der Waals surface area contributed by atoms with Crippen molar-refractivity contribution in [2.75, 3.05) is 26.3 Å². The second-order valence-electron chi connectivity index (χ2n) is 8.73. The SMILES string of the molecule is CCOC(=O)C(C#N)C1=CC(NCCCCCCNC2=CCCC(C(C#N)C(=O)OCC)=C2)=CCC1. The average molecular weight is 495 g/mol. The highest BCUT2D eigenvalue weighted by molar-refractivity contribution is 5.79. The number of carbonyl (C=O) groups is 2. The molecule has 0 bridgehead atoms. The number of nitrogens with one attached hydrogen (secondary N) is 2. The lowest BCUT2D eigenvalue weighted by Crippen LogP contribution is -2.22. The van der Waals surface area contributed by atoms with Gasteiger partial charge in [0.1, 0.15) is 0 Å². The third-order valence-electron chi connectivity index (χ3n) is 6.08. The van der Waals surface area contributed by atoms with Gasteiger partial charge in [-0.2, -0.15) is 10.5 Å². The standard InChI is InChI=1S/C28H38N4O4/c1-3-35-27(33)25(19-29)21-11-9-13-23(17-21)31-15-7-5-6-8-16-32-24-14-10-12-22(18-24)26(20-30)28(34)36-4-2/h13-14,17-18,25-26,31-32H,3-12,15-16H2,1-2H3. The van der Waals surface area contributed by atoms with Gasteiger partial charge in [-0.05, 0) is 75.7 Å². The van der Waals surface area contributed by atoms with Crippen molar-refractivity contribution in [3.8, 4) is 12.1 Å². The van der Waals surface area contributed by atoms with Gasteiger partial charge in [-0.1, -0.05) is 25.0 Å². The fourth-order valence-corrected chi connectivity index (χ4v) is 4.25. The van der Waals surface area contributed by atoms with E-state index in [0.717, 1.165) is 74.2 Å². The number of carbonyl (C=O) groups excluding carboxylic acids is 2. The highest BCUT2D eigenvalue weighted by atomic mass is 16.5. The molecule has 8 nitrogen and oxygen atoms in total. The molecule has 194 valence electrons. The molecule has 0 aromatic heterocycles. The second-order valence-corrected chi connectivity index (χ2v) is 8.73. The molecule has 0 amide bonds. The van der Waals surface area contributed by atoms with Crippen molar-refractivity contribution in [3.63, 3.8) is 0 Å². The number of nitriles is 2. The maximum atomic E-state index is 12.0. The zero-order valence-corrected chi connectivity index (χ0v) is 21.5. The minimum atomic E-state index is -0.830. The van der Waals surface area contributed by atoms with Gasteiger partial charge in [-0.15, -0.1) is 0 Å². The van der Waals surface area contributed by atoms with Gasteiger partial charge in [-0.25, -0.2) is 0 Å². The first-order valence-electron chi connectivity index (χ1n) is 13.0. The predicted molar refractivity (Wildman–Crippen MR) is 137 cm³/mol. The van der Waals surface area contributed by atoms with E-state index in [1.807, 2.05) is 12.2 Å². The Bertz CT molecular complexity index is 887. The quantitative estimate of drug-likeness (QED) is 0.254. The Balaban J connectivity index is 1.66. The number of allylic oxidation sites excluding steroid dienone is 4. The lowest BCUT2D eigenvalue weighted by Gasteiger charge is -2.18. The fourth-order valence-electron chi connectivity index (χ4n) is 4.25. The molecule has 0 saturated heterocycles. The van der Waals surface area contributed by atoms with Crippen molar-refractivity contribution >= 4 is 11.9 Å². The average Bonchev–Trinajstić information content (AvgIpc) is 2.87. The molecule has 2 aliphatic carbocycles. The number of hydrogen-bond donors (Lipinski definition) is 2. The fraction of sp³-hybridized carbons (Fsp3) is 0.571. The summed E-state index contributed by atoms with van der Waals surface area (Å²) in [5.74, 6) is -2.60. The summed E-state index contributed by atoms with van der Waals surface area (Å²) in [6.07, 6.45) is 15.3. The van der Waals surface area contributed by atoms with Crippen LogP contribution in [-0.4, -0.2) is 38.2 Å². The minimum Gasteiger partial charge on any atom is -0.465 e. The molecular formula is C28H38N4O4. The Morgan fingerprint density at radius 1 is 0.806 bits per heavy atom. The van der Waals surface area contributed by atoms with Gasteiger partial charge in [0.25, 0.3) is 0 Å². The smallest absolute Gasteiger partial charge is 0.327 e. The topological polar surface area (TPSA) is 124 Å². The molecule has 2 unspecified atom stereocenters. The molecule has 36 heavy (non-hydrogen) atoms. The molecule has 0 heterocycles. The molecule has 0 fully saturated rings. The summed E-state index contributed by atoms with van der Waals surface area (Å²) in [7, 11) is 0. The van der Waals surface area contributed by atoms with Crippen molar-refractivity contribution in [1.82, 2.24) is 10.6 Å². The molecule has 0 spiro atoms. The van der Waals surface area contributed by atoms with Crippen LogP contribution in [0.4, 0.5) is 0 Å². The van der Waals surface area contributed by atoms with Crippen LogP contribution >= 0.6 is 0 Å². The van der Waals surface area contributed by atoms with Crippen molar-refractivity contribution in [2.45, 2.75) is 65.2 Å². The maximum absolute atomic E-state index is 12.0. The molecule has 0 aromatic rings. The van der Waals surface area contributed by atoms with E-state index < -0.39 is 23.8 Å². The molecular weight excluding hydrogens is 456 g/mol. The zero-order valence-electron chi connectivity index (χ0n) is 21.5. The van der Waals surface area contributed by atoms with Gasteiger partial charge in [-0.3, -0.25) is 9.59 Å². The van der Waals surface area contributed by atoms with Crippen molar-refractivity contribution in [1.29, 1.82) is 10.5 Å². The summed E-state index contributed by atoms with van der Waals surface area (Å²) in [5.41, 5.74) is 3.55. The number of esters is 2. The van der Waals surface area contributed by atoms with Gasteiger partial charge >= 0.3 is 11.9 Å². The molecule has 0 aromatic carbocycles. The Morgan fingerprint density at radius 3 is 1.58 bits per heavy atom. The summed E-state index contributed by atoms with van der Waals surface area (Å²) in [4.78, 5) is 24.0. The van der Waals surface area contributed by atoms with Gasteiger partial charge in [0.15, 0.2) is 11.8 Å². The van der Waals surface area contributed by atoms with Crippen LogP contribution in [0.15, 0.2) is 46.8 Å². The van der Waals surface area contributed by atoms with Crippen molar-refractivity contribution < 1.29 is 19.1 Å². The van der Waals surface area contributed by atoms with E-state index in [0.29, 0.717) is 12.8 Å². The first kappa shape index (κ1) is 28.7. The van der Waals surface area contributed by atoms with Gasteiger partial charge in [0, 0.05) is 24.5 Å². The number of rotatable bonds is 15. The van der Waals surface area contributed by atoms with E-state index in [2.05, 4.69) is 34.9 Å². The van der Waals surface area contributed by atoms with Gasteiger partial charge in [0.05, 0.1) is 25.4 Å². The Morgan fingerprint density at radius 2 is 1.22 bits per heavy atom. The monoisotopic (exact) mass is 494 g/mol. The van der Waals surface area contributed by atoms with Gasteiger partial charge < -0.3 is 20.1 Å². The Labute approximate surface area is 214 Å². The van der Waals surface area contributed by atoms with Crippen LogP contribution < -0.4 is 10.6 Å².